The lowest BCUT2D eigenvalue weighted by atomic mass is 9.80. The van der Waals surface area contributed by atoms with Crippen molar-refractivity contribution < 1.29 is 0 Å². The van der Waals surface area contributed by atoms with Gasteiger partial charge >= 0.3 is 0 Å². The second-order valence-electron chi connectivity index (χ2n) is 5.72. The summed E-state index contributed by atoms with van der Waals surface area (Å²) in [6, 6.07) is 6.71. The lowest BCUT2D eigenvalue weighted by Crippen LogP contribution is -2.30. The van der Waals surface area contributed by atoms with Crippen molar-refractivity contribution in [2.75, 3.05) is 5.32 Å². The van der Waals surface area contributed by atoms with Crippen LogP contribution in [0.2, 0.25) is 5.02 Å². The van der Waals surface area contributed by atoms with Crippen molar-refractivity contribution in [1.29, 1.82) is 0 Å². The highest BCUT2D eigenvalue weighted by atomic mass is 35.5. The van der Waals surface area contributed by atoms with E-state index < -0.39 is 0 Å². The Morgan fingerprint density at radius 2 is 1.76 bits per heavy atom. The van der Waals surface area contributed by atoms with Crippen molar-refractivity contribution in [3.63, 3.8) is 0 Å². The third kappa shape index (κ3) is 3.38. The minimum atomic E-state index is 0.619. The van der Waals surface area contributed by atoms with Crippen molar-refractivity contribution in [3.05, 3.63) is 28.8 Å². The van der Waals surface area contributed by atoms with Crippen molar-refractivity contribution in [2.24, 2.45) is 11.8 Å². The van der Waals surface area contributed by atoms with E-state index in [0.717, 1.165) is 16.9 Å². The summed E-state index contributed by atoms with van der Waals surface area (Å²) in [6.45, 7) is 6.84. The number of halogens is 1. The molecule has 1 N–H and O–H groups in total. The number of aryl methyl sites for hydroxylation is 1. The summed E-state index contributed by atoms with van der Waals surface area (Å²) >= 11 is 5.98. The molecule has 94 valence electrons. The molecule has 1 aliphatic rings. The van der Waals surface area contributed by atoms with Crippen LogP contribution in [0.3, 0.4) is 0 Å². The number of hydrogen-bond donors (Lipinski definition) is 1. The van der Waals surface area contributed by atoms with E-state index in [1.165, 1.54) is 30.5 Å². The van der Waals surface area contributed by atoms with Crippen LogP contribution >= 0.6 is 11.6 Å². The van der Waals surface area contributed by atoms with Gasteiger partial charge in [0, 0.05) is 16.8 Å². The third-order valence-electron chi connectivity index (χ3n) is 3.73. The van der Waals surface area contributed by atoms with Crippen molar-refractivity contribution in [1.82, 2.24) is 0 Å². The van der Waals surface area contributed by atoms with Crippen LogP contribution < -0.4 is 5.32 Å². The van der Waals surface area contributed by atoms with Crippen molar-refractivity contribution >= 4 is 17.3 Å². The van der Waals surface area contributed by atoms with Crippen LogP contribution in [0.15, 0.2) is 18.2 Å². The van der Waals surface area contributed by atoms with E-state index in [0.29, 0.717) is 6.04 Å². The maximum Gasteiger partial charge on any atom is 0.0410 e. The van der Waals surface area contributed by atoms with Crippen LogP contribution in [-0.4, -0.2) is 6.04 Å². The highest BCUT2D eigenvalue weighted by molar-refractivity contribution is 6.30. The van der Waals surface area contributed by atoms with Crippen LogP contribution in [0.25, 0.3) is 0 Å². The topological polar surface area (TPSA) is 12.0 Å². The normalized spacial score (nSPS) is 29.1. The monoisotopic (exact) mass is 251 g/mol. The number of benzene rings is 1. The zero-order valence-electron chi connectivity index (χ0n) is 11.0. The van der Waals surface area contributed by atoms with Gasteiger partial charge in [-0.25, -0.2) is 0 Å². The average Bonchev–Trinajstić information content (AvgIpc) is 2.21. The van der Waals surface area contributed by atoms with E-state index >= 15 is 0 Å². The first-order chi connectivity index (χ1) is 8.04. The summed E-state index contributed by atoms with van der Waals surface area (Å²) in [5, 5.41) is 4.50. The lowest BCUT2D eigenvalue weighted by Gasteiger charge is -2.33. The summed E-state index contributed by atoms with van der Waals surface area (Å²) in [4.78, 5) is 0. The quantitative estimate of drug-likeness (QED) is 0.790. The van der Waals surface area contributed by atoms with E-state index in [-0.39, 0.29) is 0 Å². The molecule has 0 bridgehead atoms. The molecular formula is C15H22ClN. The predicted molar refractivity (Wildman–Crippen MR) is 75.8 cm³/mol. The fraction of sp³-hybridized carbons (Fsp3) is 0.600. The van der Waals surface area contributed by atoms with E-state index in [1.54, 1.807) is 0 Å². The smallest absolute Gasteiger partial charge is 0.0410 e. The highest BCUT2D eigenvalue weighted by Gasteiger charge is 2.23. The van der Waals surface area contributed by atoms with Gasteiger partial charge in [-0.1, -0.05) is 25.4 Å². The first-order valence-electron chi connectivity index (χ1n) is 6.57. The van der Waals surface area contributed by atoms with Gasteiger partial charge in [0.15, 0.2) is 0 Å². The Hall–Kier alpha value is -0.690. The molecule has 17 heavy (non-hydrogen) atoms. The number of rotatable bonds is 2. The predicted octanol–water partition coefficient (Wildman–Crippen LogP) is 4.89. The third-order valence-corrected chi connectivity index (χ3v) is 3.96. The number of nitrogens with one attached hydrogen (secondary N) is 1. The van der Waals surface area contributed by atoms with Gasteiger partial charge in [-0.15, -0.1) is 0 Å². The molecule has 1 aromatic carbocycles. The van der Waals surface area contributed by atoms with Gasteiger partial charge in [-0.3, -0.25) is 0 Å². The van der Waals surface area contributed by atoms with Gasteiger partial charge in [0.25, 0.3) is 0 Å². The summed E-state index contributed by atoms with van der Waals surface area (Å²) in [7, 11) is 0. The number of anilines is 1. The molecule has 0 aliphatic heterocycles. The van der Waals surface area contributed by atoms with Crippen LogP contribution in [0.1, 0.15) is 38.7 Å². The molecule has 1 nitrogen and oxygen atoms in total. The molecule has 1 saturated carbocycles. The summed E-state index contributed by atoms with van der Waals surface area (Å²) in [5.74, 6) is 1.67. The van der Waals surface area contributed by atoms with E-state index in [9.17, 15) is 0 Å². The minimum Gasteiger partial charge on any atom is -0.382 e. The van der Waals surface area contributed by atoms with Gasteiger partial charge < -0.3 is 5.32 Å². The Labute approximate surface area is 110 Å². The zero-order chi connectivity index (χ0) is 12.4. The van der Waals surface area contributed by atoms with Gasteiger partial charge in [-0.05, 0) is 61.8 Å². The molecule has 2 unspecified atom stereocenters. The molecule has 0 heterocycles. The van der Waals surface area contributed by atoms with Crippen LogP contribution in [0.4, 0.5) is 5.69 Å². The average molecular weight is 252 g/mol. The molecule has 0 radical (unpaired) electrons. The SMILES string of the molecule is Cc1cc(Cl)ccc1NC1CC(C)CC(C)C1. The van der Waals surface area contributed by atoms with E-state index in [4.69, 9.17) is 11.6 Å². The summed E-state index contributed by atoms with van der Waals surface area (Å²) in [5.41, 5.74) is 2.48. The Kier molecular flexibility index (Phi) is 3.98. The summed E-state index contributed by atoms with van der Waals surface area (Å²) < 4.78 is 0. The van der Waals surface area contributed by atoms with Gasteiger partial charge in [0.1, 0.15) is 0 Å². The Balaban J connectivity index is 2.04. The highest BCUT2D eigenvalue weighted by Crippen LogP contribution is 2.31. The molecule has 1 aromatic rings. The first-order valence-corrected chi connectivity index (χ1v) is 6.95. The van der Waals surface area contributed by atoms with Crippen LogP contribution in [0.5, 0.6) is 0 Å². The summed E-state index contributed by atoms with van der Waals surface area (Å²) in [6.07, 6.45) is 3.94. The standard InChI is InChI=1S/C15H22ClN/c1-10-6-11(2)8-14(7-10)17-15-5-4-13(16)9-12(15)3/h4-5,9-11,14,17H,6-8H2,1-3H3. The fourth-order valence-electron chi connectivity index (χ4n) is 3.07. The molecule has 2 rings (SSSR count). The molecule has 1 aliphatic carbocycles. The van der Waals surface area contributed by atoms with E-state index in [1.807, 2.05) is 12.1 Å². The molecule has 2 atom stereocenters. The fourth-order valence-corrected chi connectivity index (χ4v) is 3.30. The van der Waals surface area contributed by atoms with Crippen LogP contribution in [0, 0.1) is 18.8 Å². The Morgan fingerprint density at radius 3 is 2.35 bits per heavy atom. The molecular weight excluding hydrogens is 230 g/mol. The largest absolute Gasteiger partial charge is 0.382 e. The minimum absolute atomic E-state index is 0.619. The number of hydrogen-bond acceptors (Lipinski definition) is 1. The molecule has 0 amide bonds. The molecule has 0 aromatic heterocycles. The van der Waals surface area contributed by atoms with E-state index in [2.05, 4.69) is 32.2 Å². The second-order valence-corrected chi connectivity index (χ2v) is 6.15. The van der Waals surface area contributed by atoms with Gasteiger partial charge in [0.2, 0.25) is 0 Å². The Bertz CT molecular complexity index is 379. The van der Waals surface area contributed by atoms with Crippen LogP contribution in [-0.2, 0) is 0 Å². The lowest BCUT2D eigenvalue weighted by molar-refractivity contribution is 0.281. The second kappa shape index (κ2) is 5.30. The first kappa shape index (κ1) is 12.8. The van der Waals surface area contributed by atoms with Gasteiger partial charge in [-0.2, -0.15) is 0 Å². The molecule has 0 saturated heterocycles. The molecule has 2 heteroatoms. The van der Waals surface area contributed by atoms with Gasteiger partial charge in [0.05, 0.1) is 0 Å². The van der Waals surface area contributed by atoms with Crippen molar-refractivity contribution in [2.45, 2.75) is 46.1 Å². The maximum absolute atomic E-state index is 5.98. The molecule has 0 spiro atoms. The zero-order valence-corrected chi connectivity index (χ0v) is 11.7. The Morgan fingerprint density at radius 1 is 1.12 bits per heavy atom. The van der Waals surface area contributed by atoms with Crippen molar-refractivity contribution in [3.8, 4) is 0 Å². The molecule has 1 fully saturated rings. The maximum atomic E-state index is 5.98.